The van der Waals surface area contributed by atoms with Gasteiger partial charge in [-0.05, 0) is 69.1 Å². The highest BCUT2D eigenvalue weighted by Gasteiger charge is 2.56. The van der Waals surface area contributed by atoms with Crippen molar-refractivity contribution in [2.24, 2.45) is 28.9 Å². The van der Waals surface area contributed by atoms with E-state index in [4.69, 9.17) is 5.73 Å². The molecule has 4 aliphatic carbocycles. The molecule has 5 rings (SSSR count). The molecule has 0 aromatic rings. The molecule has 136 valence electrons. The fraction of sp³-hybridized carbons (Fsp3) is 0.889. The average Bonchev–Trinajstić information content (AvgIpc) is 3.00. The van der Waals surface area contributed by atoms with E-state index < -0.39 is 0 Å². The van der Waals surface area contributed by atoms with E-state index in [9.17, 15) is 9.59 Å². The Morgan fingerprint density at radius 1 is 1.08 bits per heavy atom. The summed E-state index contributed by atoms with van der Waals surface area (Å²) in [5.41, 5.74) is 5.34. The van der Waals surface area contributed by atoms with Gasteiger partial charge in [0.15, 0.2) is 0 Å². The third-order valence-electron chi connectivity index (χ3n) is 6.75. The number of likely N-dealkylation sites (tertiary alicyclic amines) is 1. The summed E-state index contributed by atoms with van der Waals surface area (Å²) in [5, 5.41) is 2.88. The Bertz CT molecular complexity index is 475. The zero-order valence-electron chi connectivity index (χ0n) is 14.3. The van der Waals surface area contributed by atoms with Gasteiger partial charge >= 0.3 is 0 Å². The molecule has 1 heterocycles. The van der Waals surface area contributed by atoms with Crippen LogP contribution in [0.2, 0.25) is 0 Å². The second-order valence-electron chi connectivity index (χ2n) is 8.43. The summed E-state index contributed by atoms with van der Waals surface area (Å²) in [7, 11) is 0. The molecule has 1 aliphatic heterocycles. The topological polar surface area (TPSA) is 75.4 Å². The Morgan fingerprint density at radius 3 is 2.21 bits per heavy atom. The van der Waals surface area contributed by atoms with E-state index in [0.29, 0.717) is 19.0 Å². The molecule has 5 aliphatic rings. The van der Waals surface area contributed by atoms with Gasteiger partial charge < -0.3 is 16.0 Å². The van der Waals surface area contributed by atoms with Crippen molar-refractivity contribution in [3.8, 4) is 0 Å². The molecular formula is C18H30ClN3O2. The van der Waals surface area contributed by atoms with Crippen molar-refractivity contribution in [3.05, 3.63) is 0 Å². The molecule has 1 unspecified atom stereocenters. The second-order valence-corrected chi connectivity index (χ2v) is 8.43. The minimum absolute atomic E-state index is 0. The van der Waals surface area contributed by atoms with Crippen molar-refractivity contribution >= 4 is 24.2 Å². The van der Waals surface area contributed by atoms with Crippen molar-refractivity contribution in [1.29, 1.82) is 0 Å². The number of amides is 2. The number of rotatable bonds is 4. The molecule has 4 bridgehead atoms. The lowest BCUT2D eigenvalue weighted by molar-refractivity contribution is -0.160. The van der Waals surface area contributed by atoms with E-state index in [1.807, 2.05) is 4.90 Å². The Balaban J connectivity index is 0.00000169. The number of nitrogens with two attached hydrogens (primary N) is 1. The third kappa shape index (κ3) is 2.94. The smallest absolute Gasteiger partial charge is 0.242 e. The van der Waals surface area contributed by atoms with Crippen LogP contribution in [0.5, 0.6) is 0 Å². The van der Waals surface area contributed by atoms with E-state index in [1.165, 1.54) is 19.3 Å². The monoisotopic (exact) mass is 355 g/mol. The van der Waals surface area contributed by atoms with Crippen molar-refractivity contribution in [1.82, 2.24) is 10.2 Å². The summed E-state index contributed by atoms with van der Waals surface area (Å²) in [4.78, 5) is 27.7. The molecule has 3 N–H and O–H groups in total. The summed E-state index contributed by atoms with van der Waals surface area (Å²) in [6, 6.07) is -0.262. The van der Waals surface area contributed by atoms with Crippen LogP contribution in [0, 0.1) is 23.2 Å². The lowest BCUT2D eigenvalue weighted by atomic mass is 9.49. The van der Waals surface area contributed by atoms with Crippen LogP contribution in [0.15, 0.2) is 0 Å². The van der Waals surface area contributed by atoms with Gasteiger partial charge in [0.1, 0.15) is 6.04 Å². The van der Waals surface area contributed by atoms with Crippen LogP contribution in [0.4, 0.5) is 0 Å². The highest BCUT2D eigenvalue weighted by atomic mass is 35.5. The summed E-state index contributed by atoms with van der Waals surface area (Å²) in [6.45, 7) is 1.69. The molecule has 5 fully saturated rings. The van der Waals surface area contributed by atoms with Crippen molar-refractivity contribution in [2.75, 3.05) is 19.6 Å². The highest BCUT2D eigenvalue weighted by molar-refractivity contribution is 5.91. The number of carbonyl (C=O) groups excluding carboxylic acids is 2. The fourth-order valence-electron chi connectivity index (χ4n) is 6.27. The molecule has 2 amide bonds. The van der Waals surface area contributed by atoms with Crippen LogP contribution >= 0.6 is 12.4 Å². The van der Waals surface area contributed by atoms with Gasteiger partial charge in [0.2, 0.25) is 11.8 Å². The van der Waals surface area contributed by atoms with Gasteiger partial charge in [-0.2, -0.15) is 0 Å². The van der Waals surface area contributed by atoms with Crippen LogP contribution in [-0.2, 0) is 9.59 Å². The zero-order valence-corrected chi connectivity index (χ0v) is 15.2. The number of nitrogens with one attached hydrogen (secondary N) is 1. The van der Waals surface area contributed by atoms with Crippen molar-refractivity contribution < 1.29 is 9.59 Å². The number of nitrogens with zero attached hydrogens (tertiary/aromatic N) is 1. The van der Waals surface area contributed by atoms with Gasteiger partial charge in [-0.25, -0.2) is 0 Å². The van der Waals surface area contributed by atoms with Gasteiger partial charge in [-0.15, -0.1) is 12.4 Å². The first-order chi connectivity index (χ1) is 11.1. The lowest BCUT2D eigenvalue weighted by Gasteiger charge is -2.56. The Kier molecular flexibility index (Phi) is 5.12. The molecule has 1 atom stereocenters. The first kappa shape index (κ1) is 18.0. The molecule has 0 aromatic carbocycles. The SMILES string of the molecule is Cl.NCCNC(=O)C1CCCN1C(=O)C12CC3CC(CC(C3)C1)C2. The van der Waals surface area contributed by atoms with E-state index in [-0.39, 0.29) is 29.8 Å². The molecule has 0 aromatic heterocycles. The molecule has 1 saturated heterocycles. The highest BCUT2D eigenvalue weighted by Crippen LogP contribution is 2.60. The van der Waals surface area contributed by atoms with E-state index in [2.05, 4.69) is 5.32 Å². The average molecular weight is 356 g/mol. The molecule has 4 saturated carbocycles. The zero-order chi connectivity index (χ0) is 16.0. The number of carbonyl (C=O) groups is 2. The molecule has 5 nitrogen and oxygen atoms in total. The van der Waals surface area contributed by atoms with Crippen LogP contribution in [-0.4, -0.2) is 42.4 Å². The molecule has 0 spiro atoms. The minimum Gasteiger partial charge on any atom is -0.353 e. The molecular weight excluding hydrogens is 326 g/mol. The van der Waals surface area contributed by atoms with Crippen LogP contribution in [0.1, 0.15) is 51.4 Å². The normalized spacial score (nSPS) is 39.6. The molecule has 6 heteroatoms. The van der Waals surface area contributed by atoms with Gasteiger partial charge in [-0.1, -0.05) is 0 Å². The van der Waals surface area contributed by atoms with Gasteiger partial charge in [0, 0.05) is 19.6 Å². The second kappa shape index (κ2) is 6.83. The quantitative estimate of drug-likeness (QED) is 0.805. The minimum atomic E-state index is -0.262. The third-order valence-corrected chi connectivity index (χ3v) is 6.75. The molecule has 0 radical (unpaired) electrons. The van der Waals surface area contributed by atoms with Crippen molar-refractivity contribution in [2.45, 2.75) is 57.4 Å². The summed E-state index contributed by atoms with van der Waals surface area (Å²) in [6.07, 6.45) is 8.99. The van der Waals surface area contributed by atoms with Gasteiger partial charge in [0.25, 0.3) is 0 Å². The standard InChI is InChI=1S/C18H29N3O2.ClH/c19-3-4-20-16(22)15-2-1-5-21(15)17(23)18-9-12-6-13(10-18)8-14(7-12)11-18;/h12-15H,1-11,19H2,(H,20,22);1H. The maximum Gasteiger partial charge on any atom is 0.242 e. The van der Waals surface area contributed by atoms with Gasteiger partial charge in [-0.3, -0.25) is 9.59 Å². The first-order valence-corrected chi connectivity index (χ1v) is 9.40. The van der Waals surface area contributed by atoms with Gasteiger partial charge in [0.05, 0.1) is 5.41 Å². The predicted octanol–water partition coefficient (Wildman–Crippen LogP) is 1.69. The Morgan fingerprint density at radius 2 is 1.67 bits per heavy atom. The summed E-state index contributed by atoms with van der Waals surface area (Å²) >= 11 is 0. The molecule has 24 heavy (non-hydrogen) atoms. The van der Waals surface area contributed by atoms with E-state index in [1.54, 1.807) is 0 Å². The van der Waals surface area contributed by atoms with Crippen LogP contribution in [0.25, 0.3) is 0 Å². The maximum atomic E-state index is 13.4. The number of hydrogen-bond donors (Lipinski definition) is 2. The fourth-order valence-corrected chi connectivity index (χ4v) is 6.27. The van der Waals surface area contributed by atoms with E-state index >= 15 is 0 Å². The summed E-state index contributed by atoms with van der Waals surface area (Å²) < 4.78 is 0. The largest absolute Gasteiger partial charge is 0.353 e. The number of hydrogen-bond acceptors (Lipinski definition) is 3. The predicted molar refractivity (Wildman–Crippen MR) is 94.7 cm³/mol. The van der Waals surface area contributed by atoms with Crippen LogP contribution in [0.3, 0.4) is 0 Å². The Hall–Kier alpha value is -0.810. The van der Waals surface area contributed by atoms with Crippen molar-refractivity contribution in [3.63, 3.8) is 0 Å². The van der Waals surface area contributed by atoms with E-state index in [0.717, 1.165) is 56.4 Å². The first-order valence-electron chi connectivity index (χ1n) is 9.40. The summed E-state index contributed by atoms with van der Waals surface area (Å²) in [5.74, 6) is 2.57. The Labute approximate surface area is 150 Å². The lowest BCUT2D eigenvalue weighted by Crippen LogP contribution is -2.57. The number of halogens is 1. The maximum absolute atomic E-state index is 13.4. The van der Waals surface area contributed by atoms with Crippen LogP contribution < -0.4 is 11.1 Å².